The second kappa shape index (κ2) is 10.6. The molecule has 0 bridgehead atoms. The minimum Gasteiger partial charge on any atom is -0.364 e. The third-order valence-electron chi connectivity index (χ3n) is 5.58. The van der Waals surface area contributed by atoms with Crippen molar-refractivity contribution in [3.8, 4) is 0 Å². The summed E-state index contributed by atoms with van der Waals surface area (Å²) >= 11 is 0. The van der Waals surface area contributed by atoms with E-state index in [4.69, 9.17) is 4.52 Å². The number of aliphatic imine (C=N–C) groups is 1. The van der Waals surface area contributed by atoms with E-state index >= 15 is 0 Å². The number of hydrogen-bond donors (Lipinski definition) is 1. The number of para-hydroxylation sites is 1. The number of piperazine rings is 1. The number of sulfonamides is 1. The lowest BCUT2D eigenvalue weighted by atomic mass is 10.2. The van der Waals surface area contributed by atoms with E-state index in [0.29, 0.717) is 13.1 Å². The molecule has 1 aromatic heterocycles. The molecule has 0 saturated carbocycles. The van der Waals surface area contributed by atoms with E-state index in [1.807, 2.05) is 30.3 Å². The van der Waals surface area contributed by atoms with E-state index in [9.17, 15) is 8.42 Å². The summed E-state index contributed by atoms with van der Waals surface area (Å²) in [6.45, 7) is 5.03. The van der Waals surface area contributed by atoms with Crippen molar-refractivity contribution in [2.75, 3.05) is 56.4 Å². The number of aromatic nitrogens is 1. The van der Waals surface area contributed by atoms with E-state index in [1.165, 1.54) is 4.31 Å². The van der Waals surface area contributed by atoms with Crippen molar-refractivity contribution in [3.63, 3.8) is 0 Å². The number of fused-ring (bicyclic) bond motifs is 1. The van der Waals surface area contributed by atoms with Crippen LogP contribution in [0.3, 0.4) is 0 Å². The first-order valence-electron chi connectivity index (χ1n) is 10.2. The molecule has 31 heavy (non-hydrogen) atoms. The quantitative estimate of drug-likeness (QED) is 0.324. The first-order valence-corrected chi connectivity index (χ1v) is 11.8. The second-order valence-electron chi connectivity index (χ2n) is 7.49. The SMILES string of the molecule is CN=C(NCCS(=O)(=O)N1CCc2ccccc21)N1CCN(Cc2ccon2)CC1.I. The molecule has 2 aliphatic rings. The number of benzene rings is 1. The van der Waals surface area contributed by atoms with Crippen molar-refractivity contribution in [2.45, 2.75) is 13.0 Å². The fourth-order valence-corrected chi connectivity index (χ4v) is 5.42. The molecule has 1 N–H and O–H groups in total. The van der Waals surface area contributed by atoms with Crippen molar-refractivity contribution in [3.05, 3.63) is 47.9 Å². The van der Waals surface area contributed by atoms with Crippen LogP contribution in [-0.2, 0) is 23.0 Å². The third kappa shape index (κ3) is 5.69. The maximum absolute atomic E-state index is 12.8. The molecule has 0 spiro atoms. The number of anilines is 1. The summed E-state index contributed by atoms with van der Waals surface area (Å²) in [7, 11) is -1.64. The molecule has 1 fully saturated rings. The molecule has 2 aliphatic heterocycles. The predicted molar refractivity (Wildman–Crippen MR) is 131 cm³/mol. The van der Waals surface area contributed by atoms with Gasteiger partial charge in [0.1, 0.15) is 6.26 Å². The van der Waals surface area contributed by atoms with Crippen LogP contribution >= 0.6 is 24.0 Å². The number of nitrogens with one attached hydrogen (secondary N) is 1. The summed E-state index contributed by atoms with van der Waals surface area (Å²) < 4.78 is 32.1. The van der Waals surface area contributed by atoms with Gasteiger partial charge in [-0.25, -0.2) is 8.42 Å². The van der Waals surface area contributed by atoms with Crippen LogP contribution in [0, 0.1) is 0 Å². The van der Waals surface area contributed by atoms with Gasteiger partial charge in [-0.1, -0.05) is 23.4 Å². The van der Waals surface area contributed by atoms with Crippen LogP contribution in [0.5, 0.6) is 0 Å². The smallest absolute Gasteiger partial charge is 0.236 e. The molecule has 4 rings (SSSR count). The van der Waals surface area contributed by atoms with E-state index in [-0.39, 0.29) is 29.7 Å². The van der Waals surface area contributed by atoms with Crippen molar-refractivity contribution < 1.29 is 12.9 Å². The molecule has 0 atom stereocenters. The minimum absolute atomic E-state index is 0. The fourth-order valence-electron chi connectivity index (χ4n) is 4.00. The van der Waals surface area contributed by atoms with Crippen LogP contribution in [-0.4, -0.2) is 81.4 Å². The zero-order valence-corrected chi connectivity index (χ0v) is 20.8. The highest BCUT2D eigenvalue weighted by Gasteiger charge is 2.29. The van der Waals surface area contributed by atoms with Gasteiger partial charge >= 0.3 is 0 Å². The van der Waals surface area contributed by atoms with Gasteiger partial charge in [0.25, 0.3) is 0 Å². The Kier molecular flexibility index (Phi) is 8.17. The Morgan fingerprint density at radius 3 is 2.65 bits per heavy atom. The van der Waals surface area contributed by atoms with Crippen LogP contribution < -0.4 is 9.62 Å². The molecule has 1 aromatic carbocycles. The van der Waals surface area contributed by atoms with Crippen molar-refractivity contribution in [2.24, 2.45) is 4.99 Å². The minimum atomic E-state index is -3.37. The Morgan fingerprint density at radius 1 is 1.16 bits per heavy atom. The molecule has 2 aromatic rings. The number of hydrogen-bond acceptors (Lipinski definition) is 6. The van der Waals surface area contributed by atoms with Crippen LogP contribution in [0.2, 0.25) is 0 Å². The lowest BCUT2D eigenvalue weighted by Gasteiger charge is -2.36. The Bertz CT molecular complexity index is 975. The third-order valence-corrected chi connectivity index (χ3v) is 7.35. The summed E-state index contributed by atoms with van der Waals surface area (Å²) in [5, 5.41) is 7.19. The molecule has 170 valence electrons. The molecule has 0 radical (unpaired) electrons. The van der Waals surface area contributed by atoms with Gasteiger partial charge in [0.2, 0.25) is 10.0 Å². The molecule has 0 amide bonds. The molecule has 0 aliphatic carbocycles. The van der Waals surface area contributed by atoms with Gasteiger partial charge in [0.05, 0.1) is 17.1 Å². The molecular formula is C20H29IN6O3S. The van der Waals surface area contributed by atoms with Gasteiger partial charge in [-0.05, 0) is 18.1 Å². The first kappa shape index (κ1) is 23.8. The average molecular weight is 560 g/mol. The zero-order valence-electron chi connectivity index (χ0n) is 17.6. The number of nitrogens with zero attached hydrogens (tertiary/aromatic N) is 5. The number of halogens is 1. The summed E-state index contributed by atoms with van der Waals surface area (Å²) in [6, 6.07) is 9.59. The van der Waals surface area contributed by atoms with Crippen molar-refractivity contribution in [1.82, 2.24) is 20.3 Å². The van der Waals surface area contributed by atoms with Gasteiger partial charge in [-0.2, -0.15) is 0 Å². The molecule has 9 nitrogen and oxygen atoms in total. The number of rotatable bonds is 6. The normalized spacial score (nSPS) is 17.4. The van der Waals surface area contributed by atoms with Gasteiger partial charge in [-0.3, -0.25) is 14.2 Å². The average Bonchev–Trinajstić information content (AvgIpc) is 3.42. The first-order chi connectivity index (χ1) is 14.6. The van der Waals surface area contributed by atoms with Gasteiger partial charge in [0.15, 0.2) is 5.96 Å². The highest BCUT2D eigenvalue weighted by molar-refractivity contribution is 14.0. The van der Waals surface area contributed by atoms with Crippen LogP contribution in [0.1, 0.15) is 11.3 Å². The van der Waals surface area contributed by atoms with E-state index < -0.39 is 10.0 Å². The Morgan fingerprint density at radius 2 is 1.94 bits per heavy atom. The number of guanidine groups is 1. The predicted octanol–water partition coefficient (Wildman–Crippen LogP) is 1.38. The monoisotopic (exact) mass is 560 g/mol. The lowest BCUT2D eigenvalue weighted by Crippen LogP contribution is -2.52. The molecule has 3 heterocycles. The topological polar surface area (TPSA) is 94.3 Å². The van der Waals surface area contributed by atoms with E-state index in [0.717, 1.165) is 62.0 Å². The Balaban J connectivity index is 0.00000272. The lowest BCUT2D eigenvalue weighted by molar-refractivity contribution is 0.169. The molecule has 1 saturated heterocycles. The maximum atomic E-state index is 12.8. The van der Waals surface area contributed by atoms with Crippen LogP contribution in [0.15, 0.2) is 46.1 Å². The Labute approximate surface area is 200 Å². The van der Waals surface area contributed by atoms with Crippen LogP contribution in [0.4, 0.5) is 5.69 Å². The molecular weight excluding hydrogens is 531 g/mol. The fraction of sp³-hybridized carbons (Fsp3) is 0.500. The summed E-state index contributed by atoms with van der Waals surface area (Å²) in [5.41, 5.74) is 2.83. The molecule has 11 heteroatoms. The van der Waals surface area contributed by atoms with Gasteiger partial charge in [0, 0.05) is 58.9 Å². The summed E-state index contributed by atoms with van der Waals surface area (Å²) in [6.07, 6.45) is 2.36. The zero-order chi connectivity index (χ0) is 21.0. The summed E-state index contributed by atoms with van der Waals surface area (Å²) in [4.78, 5) is 8.82. The maximum Gasteiger partial charge on any atom is 0.236 e. The van der Waals surface area contributed by atoms with Crippen molar-refractivity contribution in [1.29, 1.82) is 0 Å². The van der Waals surface area contributed by atoms with Gasteiger partial charge in [-0.15, -0.1) is 24.0 Å². The standard InChI is InChI=1S/C20H28N6O3S.HI/c1-21-20(25-12-10-24(11-13-25)16-18-7-14-29-23-18)22-8-15-30(27,28)26-9-6-17-4-2-3-5-19(17)26;/h2-5,7,14H,6,8-13,15-16H2,1H3,(H,21,22);1H. The van der Waals surface area contributed by atoms with Crippen LogP contribution in [0.25, 0.3) is 0 Å². The van der Waals surface area contributed by atoms with Gasteiger partial charge < -0.3 is 14.7 Å². The second-order valence-corrected chi connectivity index (χ2v) is 9.51. The largest absolute Gasteiger partial charge is 0.364 e. The Hall–Kier alpha value is -1.86. The van der Waals surface area contributed by atoms with E-state index in [2.05, 4.69) is 25.3 Å². The van der Waals surface area contributed by atoms with E-state index in [1.54, 1.807) is 13.3 Å². The molecule has 0 unspecified atom stereocenters. The highest BCUT2D eigenvalue weighted by Crippen LogP contribution is 2.29. The highest BCUT2D eigenvalue weighted by atomic mass is 127. The summed E-state index contributed by atoms with van der Waals surface area (Å²) in [5.74, 6) is 0.778. The van der Waals surface area contributed by atoms with Crippen molar-refractivity contribution >= 4 is 45.6 Å².